The number of fused-ring (bicyclic) bond motifs is 7. The number of para-hydroxylation sites is 3. The SMILES string of the molecule is CC(C)(C)c1ccc2c(c1)c1cc(C(C)(C)C)ccc1n2-c1ccc(-c2nc(-c3ccccc3)cc(-c3ccccc3)n2)cc1-c1ccc(-c2ccc(N3c4ccccc4B4c5ccccc5N(c5ccccc5)c5cccc3c54)cc2)cc1. The Morgan fingerprint density at radius 2 is 0.750 bits per heavy atom. The van der Waals surface area contributed by atoms with E-state index in [1.807, 2.05) is 0 Å². The molecule has 402 valence electrons. The van der Waals surface area contributed by atoms with E-state index in [0.29, 0.717) is 5.82 Å². The summed E-state index contributed by atoms with van der Waals surface area (Å²) in [4.78, 5) is 15.6. The average Bonchev–Trinajstić information content (AvgIpc) is 2.38. The van der Waals surface area contributed by atoms with Crippen LogP contribution in [0.5, 0.6) is 0 Å². The molecular weight excluding hydrogens is 1020 g/mol. The lowest BCUT2D eigenvalue weighted by atomic mass is 9.33. The van der Waals surface area contributed by atoms with Crippen molar-refractivity contribution in [2.45, 2.75) is 52.4 Å². The molecule has 0 bridgehead atoms. The van der Waals surface area contributed by atoms with Crippen molar-refractivity contribution in [3.8, 4) is 61.8 Å². The number of aromatic nitrogens is 3. The summed E-state index contributed by atoms with van der Waals surface area (Å²) in [6.45, 7) is 13.9. The molecule has 0 unspecified atom stereocenters. The Morgan fingerprint density at radius 1 is 0.321 bits per heavy atom. The van der Waals surface area contributed by atoms with Crippen molar-refractivity contribution >= 4 is 79.0 Å². The molecule has 2 aliphatic rings. The maximum absolute atomic E-state index is 5.33. The first-order valence-corrected chi connectivity index (χ1v) is 29.3. The van der Waals surface area contributed by atoms with Crippen molar-refractivity contribution < 1.29 is 0 Å². The van der Waals surface area contributed by atoms with Crippen LogP contribution in [0.25, 0.3) is 83.6 Å². The first kappa shape index (κ1) is 50.9. The summed E-state index contributed by atoms with van der Waals surface area (Å²) in [6, 6.07) is 97.7. The molecule has 84 heavy (non-hydrogen) atoms. The number of benzene rings is 11. The molecule has 13 aromatic rings. The van der Waals surface area contributed by atoms with Gasteiger partial charge in [0.2, 0.25) is 0 Å². The normalized spacial score (nSPS) is 12.8. The van der Waals surface area contributed by atoms with E-state index in [4.69, 9.17) is 9.97 Å². The van der Waals surface area contributed by atoms with Crippen molar-refractivity contribution in [1.82, 2.24) is 14.5 Å². The Bertz CT molecular complexity index is 4540. The highest BCUT2D eigenvalue weighted by molar-refractivity contribution is 7.00. The van der Waals surface area contributed by atoms with E-state index in [1.165, 1.54) is 72.1 Å². The summed E-state index contributed by atoms with van der Waals surface area (Å²) in [5.74, 6) is 0.674. The number of rotatable bonds is 8. The predicted molar refractivity (Wildman–Crippen MR) is 355 cm³/mol. The minimum absolute atomic E-state index is 0.0190. The second-order valence-corrected chi connectivity index (χ2v) is 24.6. The summed E-state index contributed by atoms with van der Waals surface area (Å²) in [6.07, 6.45) is 0. The lowest BCUT2D eigenvalue weighted by Crippen LogP contribution is -2.61. The molecule has 5 nitrogen and oxygen atoms in total. The Labute approximate surface area is 492 Å². The van der Waals surface area contributed by atoms with Gasteiger partial charge in [-0.15, -0.1) is 0 Å². The zero-order valence-corrected chi connectivity index (χ0v) is 48.2. The van der Waals surface area contributed by atoms with E-state index in [-0.39, 0.29) is 17.5 Å². The third kappa shape index (κ3) is 8.63. The van der Waals surface area contributed by atoms with Gasteiger partial charge in [-0.3, -0.25) is 0 Å². The summed E-state index contributed by atoms with van der Waals surface area (Å²) in [7, 11) is 0. The van der Waals surface area contributed by atoms with Gasteiger partial charge in [0.15, 0.2) is 5.82 Å². The summed E-state index contributed by atoms with van der Waals surface area (Å²) >= 11 is 0. The molecule has 0 fully saturated rings. The van der Waals surface area contributed by atoms with E-state index >= 15 is 0 Å². The van der Waals surface area contributed by atoms with Crippen LogP contribution in [0.3, 0.4) is 0 Å². The number of nitrogens with zero attached hydrogens (tertiary/aromatic N) is 5. The molecule has 0 N–H and O–H groups in total. The summed E-state index contributed by atoms with van der Waals surface area (Å²) in [5.41, 5.74) is 26.3. The largest absolute Gasteiger partial charge is 0.311 e. The third-order valence-electron chi connectivity index (χ3n) is 17.3. The van der Waals surface area contributed by atoms with E-state index in [2.05, 4.69) is 323 Å². The molecule has 0 amide bonds. The molecule has 0 saturated carbocycles. The summed E-state index contributed by atoms with van der Waals surface area (Å²) in [5, 5.41) is 2.51. The highest BCUT2D eigenvalue weighted by Crippen LogP contribution is 2.46. The molecular formula is C78H62BN5. The van der Waals surface area contributed by atoms with E-state index in [1.54, 1.807) is 0 Å². The molecule has 0 radical (unpaired) electrons. The van der Waals surface area contributed by atoms with Crippen LogP contribution >= 0.6 is 0 Å². The second-order valence-electron chi connectivity index (χ2n) is 24.6. The predicted octanol–water partition coefficient (Wildman–Crippen LogP) is 18.6. The van der Waals surface area contributed by atoms with Gasteiger partial charge >= 0.3 is 0 Å². The van der Waals surface area contributed by atoms with Crippen molar-refractivity contribution in [2.75, 3.05) is 9.80 Å². The molecule has 6 heteroatoms. The van der Waals surface area contributed by atoms with Crippen LogP contribution in [0.1, 0.15) is 52.7 Å². The van der Waals surface area contributed by atoms with E-state index in [9.17, 15) is 0 Å². The van der Waals surface area contributed by atoms with Gasteiger partial charge in [0.05, 0.1) is 28.1 Å². The van der Waals surface area contributed by atoms with Crippen LogP contribution in [0.4, 0.5) is 34.1 Å². The van der Waals surface area contributed by atoms with Gasteiger partial charge in [-0.05, 0) is 152 Å². The fourth-order valence-corrected chi connectivity index (χ4v) is 13.0. The van der Waals surface area contributed by atoms with Crippen LogP contribution < -0.4 is 26.2 Å². The smallest absolute Gasteiger partial charge is 0.252 e. The Kier molecular flexibility index (Phi) is 12.0. The lowest BCUT2D eigenvalue weighted by molar-refractivity contribution is 0.590. The van der Waals surface area contributed by atoms with Crippen molar-refractivity contribution in [1.29, 1.82) is 0 Å². The Morgan fingerprint density at radius 3 is 1.26 bits per heavy atom. The fraction of sp³-hybridized carbons (Fsp3) is 0.103. The zero-order valence-electron chi connectivity index (χ0n) is 48.2. The van der Waals surface area contributed by atoms with Gasteiger partial charge in [-0.2, -0.15) is 0 Å². The molecule has 2 aliphatic heterocycles. The maximum Gasteiger partial charge on any atom is 0.252 e. The van der Waals surface area contributed by atoms with Crippen LogP contribution in [-0.2, 0) is 10.8 Å². The van der Waals surface area contributed by atoms with Crippen molar-refractivity contribution in [3.05, 3.63) is 278 Å². The molecule has 4 heterocycles. The number of hydrogen-bond donors (Lipinski definition) is 0. The average molecular weight is 1080 g/mol. The van der Waals surface area contributed by atoms with Gasteiger partial charge in [0.1, 0.15) is 0 Å². The molecule has 0 spiro atoms. The van der Waals surface area contributed by atoms with Crippen molar-refractivity contribution in [2.24, 2.45) is 0 Å². The maximum atomic E-state index is 5.33. The van der Waals surface area contributed by atoms with Crippen LogP contribution in [0, 0.1) is 0 Å². The fourth-order valence-electron chi connectivity index (χ4n) is 13.0. The summed E-state index contributed by atoms with van der Waals surface area (Å²) < 4.78 is 2.48. The van der Waals surface area contributed by atoms with Gasteiger partial charge in [0, 0.05) is 67.2 Å². The first-order valence-electron chi connectivity index (χ1n) is 29.3. The van der Waals surface area contributed by atoms with Crippen LogP contribution in [-0.4, -0.2) is 21.2 Å². The molecule has 15 rings (SSSR count). The molecule has 2 aromatic heterocycles. The molecule has 11 aromatic carbocycles. The first-order chi connectivity index (χ1) is 40.9. The van der Waals surface area contributed by atoms with Gasteiger partial charge in [0.25, 0.3) is 6.71 Å². The van der Waals surface area contributed by atoms with Crippen LogP contribution in [0.2, 0.25) is 0 Å². The molecule has 0 atom stereocenters. The van der Waals surface area contributed by atoms with Gasteiger partial charge in [-0.1, -0.05) is 211 Å². The highest BCUT2D eigenvalue weighted by atomic mass is 15.2. The topological polar surface area (TPSA) is 37.2 Å². The third-order valence-corrected chi connectivity index (χ3v) is 17.3. The van der Waals surface area contributed by atoms with E-state index < -0.39 is 0 Å². The Balaban J connectivity index is 0.859. The van der Waals surface area contributed by atoms with Crippen molar-refractivity contribution in [3.63, 3.8) is 0 Å². The van der Waals surface area contributed by atoms with Gasteiger partial charge in [-0.25, -0.2) is 9.97 Å². The highest BCUT2D eigenvalue weighted by Gasteiger charge is 2.43. The lowest BCUT2D eigenvalue weighted by Gasteiger charge is -2.44. The minimum Gasteiger partial charge on any atom is -0.311 e. The molecule has 0 saturated heterocycles. The number of hydrogen-bond acceptors (Lipinski definition) is 4. The van der Waals surface area contributed by atoms with Crippen LogP contribution in [0.15, 0.2) is 267 Å². The van der Waals surface area contributed by atoms with E-state index in [0.717, 1.165) is 67.4 Å². The zero-order chi connectivity index (χ0) is 56.8. The quantitative estimate of drug-likeness (QED) is 0.142. The monoisotopic (exact) mass is 1080 g/mol. The minimum atomic E-state index is -0.0190. The number of anilines is 6. The Hall–Kier alpha value is -10.0. The molecule has 0 aliphatic carbocycles. The van der Waals surface area contributed by atoms with Gasteiger partial charge < -0.3 is 14.4 Å². The standard InChI is InChI=1S/C78H62BN5/c1-77(2,3)57-40-45-69-62(48-57)63-49-58(78(4,5)6)41-46-70(63)84(69)68-44-39-56(76-80-66(54-21-10-7-11-22-54)50-67(81-76)55-23-12-8-13-24-55)47-61(68)53-35-33-51(34-36-53)52-37-42-60(43-38-52)83-72-30-19-17-28-65(72)79-64-27-16-18-29-71(64)82(59-25-14-9-15-26-59)73-31-20-32-74(83)75(73)79/h7-50H,1-6H3. The second kappa shape index (κ2) is 19.9.